The Hall–Kier alpha value is -0.340. The van der Waals surface area contributed by atoms with E-state index in [1.54, 1.807) is 11.3 Å². The Kier molecular flexibility index (Phi) is 4.04. The minimum absolute atomic E-state index is 0.219. The molecule has 1 atom stereocenters. The number of hydrogen-bond donors (Lipinski definition) is 1. The molecule has 0 spiro atoms. The fourth-order valence-corrected chi connectivity index (χ4v) is 3.79. The predicted molar refractivity (Wildman–Crippen MR) is 69.9 cm³/mol. The lowest BCUT2D eigenvalue weighted by Crippen LogP contribution is -2.12. The van der Waals surface area contributed by atoms with Crippen molar-refractivity contribution >= 4 is 11.3 Å². The molecule has 1 saturated carbocycles. The van der Waals surface area contributed by atoms with Gasteiger partial charge >= 0.3 is 0 Å². The number of thiophene rings is 1. The van der Waals surface area contributed by atoms with Crippen LogP contribution in [0.4, 0.5) is 0 Å². The lowest BCUT2D eigenvalue weighted by Gasteiger charge is -2.21. The van der Waals surface area contributed by atoms with Gasteiger partial charge in [-0.15, -0.1) is 11.3 Å². The van der Waals surface area contributed by atoms with E-state index in [0.29, 0.717) is 5.92 Å². The molecule has 1 aromatic rings. The standard InChI is InChI=1S/C14H22OS/c1-10-9-13(11(2)16-10)14(15)12-7-5-3-4-6-8-12/h9,12,14-15H,3-8H2,1-2H3. The number of rotatable bonds is 2. The van der Waals surface area contributed by atoms with Gasteiger partial charge in [-0.1, -0.05) is 25.7 Å². The lowest BCUT2D eigenvalue weighted by molar-refractivity contribution is 0.0986. The van der Waals surface area contributed by atoms with Gasteiger partial charge in [0.05, 0.1) is 6.10 Å². The van der Waals surface area contributed by atoms with Crippen molar-refractivity contribution < 1.29 is 5.11 Å². The molecular formula is C14H22OS. The van der Waals surface area contributed by atoms with Crippen LogP contribution in [0.5, 0.6) is 0 Å². The van der Waals surface area contributed by atoms with E-state index in [0.717, 1.165) is 0 Å². The fourth-order valence-electron chi connectivity index (χ4n) is 2.82. The Morgan fingerprint density at radius 1 is 1.19 bits per heavy atom. The monoisotopic (exact) mass is 238 g/mol. The number of aliphatic hydroxyl groups is 1. The van der Waals surface area contributed by atoms with E-state index in [9.17, 15) is 5.11 Å². The van der Waals surface area contributed by atoms with Gasteiger partial charge in [0.15, 0.2) is 0 Å². The zero-order valence-electron chi connectivity index (χ0n) is 10.3. The van der Waals surface area contributed by atoms with Gasteiger partial charge in [0, 0.05) is 9.75 Å². The first-order valence-corrected chi connectivity index (χ1v) is 7.25. The molecule has 90 valence electrons. The highest BCUT2D eigenvalue weighted by atomic mass is 32.1. The van der Waals surface area contributed by atoms with Crippen molar-refractivity contribution in [2.24, 2.45) is 5.92 Å². The highest BCUT2D eigenvalue weighted by Gasteiger charge is 2.24. The third kappa shape index (κ3) is 2.67. The molecule has 0 amide bonds. The van der Waals surface area contributed by atoms with Gasteiger partial charge in [0.25, 0.3) is 0 Å². The summed E-state index contributed by atoms with van der Waals surface area (Å²) in [6.07, 6.45) is 7.48. The second-order valence-electron chi connectivity index (χ2n) is 5.07. The summed E-state index contributed by atoms with van der Waals surface area (Å²) in [5.74, 6) is 0.496. The first-order valence-electron chi connectivity index (χ1n) is 6.43. The van der Waals surface area contributed by atoms with Crippen LogP contribution in [0.15, 0.2) is 6.07 Å². The van der Waals surface area contributed by atoms with E-state index in [1.165, 1.54) is 53.8 Å². The van der Waals surface area contributed by atoms with Crippen LogP contribution in [0.2, 0.25) is 0 Å². The van der Waals surface area contributed by atoms with Gasteiger partial charge in [-0.2, -0.15) is 0 Å². The third-order valence-corrected chi connectivity index (χ3v) is 4.73. The SMILES string of the molecule is Cc1cc(C(O)C2CCCCCC2)c(C)s1. The van der Waals surface area contributed by atoms with Crippen molar-refractivity contribution in [2.75, 3.05) is 0 Å². The normalized spacial score (nSPS) is 20.7. The van der Waals surface area contributed by atoms with Crippen LogP contribution in [-0.2, 0) is 0 Å². The molecule has 1 aliphatic carbocycles. The first-order chi connectivity index (χ1) is 7.68. The summed E-state index contributed by atoms with van der Waals surface area (Å²) < 4.78 is 0. The van der Waals surface area contributed by atoms with Crippen LogP contribution >= 0.6 is 11.3 Å². The molecule has 0 saturated heterocycles. The van der Waals surface area contributed by atoms with Crippen LogP contribution in [0, 0.1) is 19.8 Å². The van der Waals surface area contributed by atoms with Crippen molar-refractivity contribution in [1.29, 1.82) is 0 Å². The summed E-state index contributed by atoms with van der Waals surface area (Å²) >= 11 is 1.81. The number of hydrogen-bond acceptors (Lipinski definition) is 2. The van der Waals surface area contributed by atoms with Crippen LogP contribution in [0.3, 0.4) is 0 Å². The van der Waals surface area contributed by atoms with Crippen molar-refractivity contribution in [3.63, 3.8) is 0 Å². The molecule has 1 heterocycles. The van der Waals surface area contributed by atoms with Crippen molar-refractivity contribution in [1.82, 2.24) is 0 Å². The van der Waals surface area contributed by atoms with Gasteiger partial charge < -0.3 is 5.11 Å². The van der Waals surface area contributed by atoms with Crippen molar-refractivity contribution in [3.05, 3.63) is 21.4 Å². The molecule has 0 radical (unpaired) electrons. The Bertz CT molecular complexity index is 335. The van der Waals surface area contributed by atoms with Gasteiger partial charge in [0.2, 0.25) is 0 Å². The van der Waals surface area contributed by atoms with Crippen LogP contribution in [0.1, 0.15) is 59.9 Å². The van der Waals surface area contributed by atoms with E-state index < -0.39 is 0 Å². The maximum absolute atomic E-state index is 10.5. The molecule has 2 rings (SSSR count). The Morgan fingerprint density at radius 2 is 1.81 bits per heavy atom. The number of aryl methyl sites for hydroxylation is 2. The number of aliphatic hydroxyl groups excluding tert-OH is 1. The topological polar surface area (TPSA) is 20.2 Å². The average Bonchev–Trinajstić information content (AvgIpc) is 2.49. The smallest absolute Gasteiger partial charge is 0.0828 e. The Morgan fingerprint density at radius 3 is 2.31 bits per heavy atom. The molecular weight excluding hydrogens is 216 g/mol. The molecule has 0 aromatic carbocycles. The molecule has 1 nitrogen and oxygen atoms in total. The van der Waals surface area contributed by atoms with E-state index in [2.05, 4.69) is 19.9 Å². The van der Waals surface area contributed by atoms with Gasteiger partial charge in [0.1, 0.15) is 0 Å². The molecule has 1 fully saturated rings. The summed E-state index contributed by atoms with van der Waals surface area (Å²) in [5, 5.41) is 10.5. The summed E-state index contributed by atoms with van der Waals surface area (Å²) in [6.45, 7) is 4.26. The largest absolute Gasteiger partial charge is 0.388 e. The minimum Gasteiger partial charge on any atom is -0.388 e. The average molecular weight is 238 g/mol. The fraction of sp³-hybridized carbons (Fsp3) is 0.714. The summed E-state index contributed by atoms with van der Waals surface area (Å²) in [7, 11) is 0. The Labute approximate surface area is 103 Å². The molecule has 2 heteroatoms. The second kappa shape index (κ2) is 5.33. The Balaban J connectivity index is 2.10. The molecule has 1 N–H and O–H groups in total. The highest BCUT2D eigenvalue weighted by molar-refractivity contribution is 7.12. The van der Waals surface area contributed by atoms with Gasteiger partial charge in [-0.3, -0.25) is 0 Å². The maximum atomic E-state index is 10.5. The van der Waals surface area contributed by atoms with E-state index in [-0.39, 0.29) is 6.10 Å². The van der Waals surface area contributed by atoms with Crippen molar-refractivity contribution in [3.8, 4) is 0 Å². The van der Waals surface area contributed by atoms with Gasteiger partial charge in [-0.25, -0.2) is 0 Å². The minimum atomic E-state index is -0.219. The molecule has 16 heavy (non-hydrogen) atoms. The molecule has 0 aliphatic heterocycles. The molecule has 1 aliphatic rings. The van der Waals surface area contributed by atoms with E-state index in [4.69, 9.17) is 0 Å². The quantitative estimate of drug-likeness (QED) is 0.759. The van der Waals surface area contributed by atoms with Crippen LogP contribution in [-0.4, -0.2) is 5.11 Å². The molecule has 1 aromatic heterocycles. The summed E-state index contributed by atoms with van der Waals surface area (Å²) in [6, 6.07) is 2.18. The van der Waals surface area contributed by atoms with E-state index in [1.807, 2.05) is 0 Å². The summed E-state index contributed by atoms with van der Waals surface area (Å²) in [4.78, 5) is 2.62. The lowest BCUT2D eigenvalue weighted by atomic mass is 9.89. The summed E-state index contributed by atoms with van der Waals surface area (Å²) in [5.41, 5.74) is 1.19. The van der Waals surface area contributed by atoms with Crippen LogP contribution < -0.4 is 0 Å². The van der Waals surface area contributed by atoms with E-state index >= 15 is 0 Å². The zero-order valence-corrected chi connectivity index (χ0v) is 11.1. The maximum Gasteiger partial charge on any atom is 0.0828 e. The molecule has 0 bridgehead atoms. The predicted octanol–water partition coefficient (Wildman–Crippen LogP) is 4.37. The third-order valence-electron chi connectivity index (χ3n) is 3.74. The second-order valence-corrected chi connectivity index (χ2v) is 6.53. The van der Waals surface area contributed by atoms with Crippen LogP contribution in [0.25, 0.3) is 0 Å². The van der Waals surface area contributed by atoms with Crippen molar-refractivity contribution in [2.45, 2.75) is 58.5 Å². The van der Waals surface area contributed by atoms with Gasteiger partial charge in [-0.05, 0) is 44.2 Å². The zero-order chi connectivity index (χ0) is 11.5. The first kappa shape index (κ1) is 12.1. The molecule has 1 unspecified atom stereocenters. The highest BCUT2D eigenvalue weighted by Crippen LogP contribution is 2.37.